The number of nitrogens with one attached hydrogen (secondary N) is 2. The molecule has 0 spiro atoms. The van der Waals surface area contributed by atoms with Crippen LogP contribution in [0, 0.1) is 0 Å². The van der Waals surface area contributed by atoms with Gasteiger partial charge in [-0.15, -0.1) is 0 Å². The Kier molecular flexibility index (Phi) is 5.88. The highest BCUT2D eigenvalue weighted by atomic mass is 32.2. The van der Waals surface area contributed by atoms with Crippen molar-refractivity contribution in [2.75, 3.05) is 6.54 Å². The van der Waals surface area contributed by atoms with Gasteiger partial charge in [-0.25, -0.2) is 13.1 Å². The lowest BCUT2D eigenvalue weighted by Gasteiger charge is -2.21. The third-order valence-electron chi connectivity index (χ3n) is 2.55. The lowest BCUT2D eigenvalue weighted by Crippen LogP contribution is -2.41. The molecule has 0 saturated heterocycles. The van der Waals surface area contributed by atoms with Crippen molar-refractivity contribution < 1.29 is 13.2 Å². The fourth-order valence-corrected chi connectivity index (χ4v) is 3.44. The SMILES string of the molecule is CC(C)(C)NS(=O)(=O)c1ccccc1CNC(=O)CCN. The summed E-state index contributed by atoms with van der Waals surface area (Å²) in [5, 5.41) is 2.66. The first-order valence-electron chi connectivity index (χ1n) is 6.74. The normalized spacial score (nSPS) is 12.2. The number of carbonyl (C=O) groups is 1. The molecule has 0 unspecified atom stereocenters. The summed E-state index contributed by atoms with van der Waals surface area (Å²) in [5.74, 6) is -0.200. The largest absolute Gasteiger partial charge is 0.352 e. The van der Waals surface area contributed by atoms with Crippen LogP contribution in [0.2, 0.25) is 0 Å². The maximum Gasteiger partial charge on any atom is 0.241 e. The molecule has 0 radical (unpaired) electrons. The number of hydrogen-bond donors (Lipinski definition) is 3. The van der Waals surface area contributed by atoms with Gasteiger partial charge in [0.1, 0.15) is 0 Å². The molecule has 4 N–H and O–H groups in total. The van der Waals surface area contributed by atoms with Crippen LogP contribution < -0.4 is 15.8 Å². The Labute approximate surface area is 126 Å². The fourth-order valence-electron chi connectivity index (χ4n) is 1.78. The number of benzene rings is 1. The molecule has 1 aromatic carbocycles. The highest BCUT2D eigenvalue weighted by molar-refractivity contribution is 7.89. The predicted molar refractivity (Wildman–Crippen MR) is 82.0 cm³/mol. The van der Waals surface area contributed by atoms with Crippen LogP contribution in [0.15, 0.2) is 29.2 Å². The van der Waals surface area contributed by atoms with E-state index in [9.17, 15) is 13.2 Å². The van der Waals surface area contributed by atoms with Crippen molar-refractivity contribution in [3.05, 3.63) is 29.8 Å². The molecule has 118 valence electrons. The minimum absolute atomic E-state index is 0.153. The van der Waals surface area contributed by atoms with E-state index in [0.29, 0.717) is 5.56 Å². The summed E-state index contributed by atoms with van der Waals surface area (Å²) in [6.07, 6.45) is 0.217. The van der Waals surface area contributed by atoms with E-state index in [4.69, 9.17) is 5.73 Å². The highest BCUT2D eigenvalue weighted by Crippen LogP contribution is 2.17. The van der Waals surface area contributed by atoms with E-state index < -0.39 is 15.6 Å². The Hall–Kier alpha value is -1.44. The Morgan fingerprint density at radius 1 is 1.24 bits per heavy atom. The minimum atomic E-state index is -3.63. The van der Waals surface area contributed by atoms with Crippen LogP contribution >= 0.6 is 0 Å². The number of nitrogens with two attached hydrogens (primary N) is 1. The number of amides is 1. The van der Waals surface area contributed by atoms with Crippen LogP contribution in [0.3, 0.4) is 0 Å². The smallest absolute Gasteiger partial charge is 0.241 e. The second-order valence-electron chi connectivity index (χ2n) is 5.78. The first-order valence-corrected chi connectivity index (χ1v) is 8.23. The van der Waals surface area contributed by atoms with Gasteiger partial charge in [-0.3, -0.25) is 4.79 Å². The number of carbonyl (C=O) groups excluding carboxylic acids is 1. The van der Waals surface area contributed by atoms with E-state index >= 15 is 0 Å². The van der Waals surface area contributed by atoms with Gasteiger partial charge < -0.3 is 11.1 Å². The zero-order valence-corrected chi connectivity index (χ0v) is 13.5. The third kappa shape index (κ3) is 5.82. The van der Waals surface area contributed by atoms with Crippen LogP contribution in [0.4, 0.5) is 0 Å². The molecule has 1 rings (SSSR count). The van der Waals surface area contributed by atoms with Crippen molar-refractivity contribution in [2.24, 2.45) is 5.73 Å². The Balaban J connectivity index is 2.96. The van der Waals surface area contributed by atoms with Crippen LogP contribution in [-0.2, 0) is 21.4 Å². The number of sulfonamides is 1. The van der Waals surface area contributed by atoms with Crippen molar-refractivity contribution in [3.63, 3.8) is 0 Å². The average molecular weight is 313 g/mol. The van der Waals surface area contributed by atoms with Crippen molar-refractivity contribution in [3.8, 4) is 0 Å². The molecule has 0 atom stereocenters. The molecular weight excluding hydrogens is 290 g/mol. The van der Waals surface area contributed by atoms with Gasteiger partial charge in [-0.05, 0) is 32.4 Å². The van der Waals surface area contributed by atoms with Crippen LogP contribution in [-0.4, -0.2) is 26.4 Å². The van der Waals surface area contributed by atoms with Crippen LogP contribution in [0.5, 0.6) is 0 Å². The Morgan fingerprint density at radius 2 is 1.86 bits per heavy atom. The monoisotopic (exact) mass is 313 g/mol. The quantitative estimate of drug-likeness (QED) is 0.720. The molecule has 0 saturated carbocycles. The van der Waals surface area contributed by atoms with Gasteiger partial charge in [0.05, 0.1) is 4.90 Å². The molecular formula is C14H23N3O3S. The molecule has 0 fully saturated rings. The van der Waals surface area contributed by atoms with Gasteiger partial charge in [0.2, 0.25) is 15.9 Å². The number of hydrogen-bond acceptors (Lipinski definition) is 4. The second-order valence-corrected chi connectivity index (χ2v) is 7.43. The summed E-state index contributed by atoms with van der Waals surface area (Å²) in [4.78, 5) is 11.6. The molecule has 0 aliphatic heterocycles. The van der Waals surface area contributed by atoms with E-state index in [-0.39, 0.29) is 30.3 Å². The molecule has 0 aromatic heterocycles. The lowest BCUT2D eigenvalue weighted by molar-refractivity contribution is -0.121. The zero-order valence-electron chi connectivity index (χ0n) is 12.6. The molecule has 6 nitrogen and oxygen atoms in total. The Bertz CT molecular complexity index is 592. The lowest BCUT2D eigenvalue weighted by atomic mass is 10.1. The summed E-state index contributed by atoms with van der Waals surface area (Å²) in [6.45, 7) is 5.74. The molecule has 0 bridgehead atoms. The van der Waals surface area contributed by atoms with Gasteiger partial charge in [0.25, 0.3) is 0 Å². The van der Waals surface area contributed by atoms with Crippen molar-refractivity contribution >= 4 is 15.9 Å². The summed E-state index contributed by atoms with van der Waals surface area (Å²) >= 11 is 0. The van der Waals surface area contributed by atoms with Crippen molar-refractivity contribution in [2.45, 2.75) is 44.2 Å². The van der Waals surface area contributed by atoms with Crippen LogP contribution in [0.1, 0.15) is 32.8 Å². The summed E-state index contributed by atoms with van der Waals surface area (Å²) in [5.41, 5.74) is 5.27. The topological polar surface area (TPSA) is 101 Å². The standard InChI is InChI=1S/C14H23N3O3S/c1-14(2,3)17-21(19,20)12-7-5-4-6-11(12)10-16-13(18)8-9-15/h4-7,17H,8-10,15H2,1-3H3,(H,16,18). The molecule has 0 aliphatic rings. The maximum absolute atomic E-state index is 12.4. The second kappa shape index (κ2) is 7.02. The van der Waals surface area contributed by atoms with Gasteiger partial charge in [-0.2, -0.15) is 0 Å². The van der Waals surface area contributed by atoms with E-state index in [1.807, 2.05) is 0 Å². The third-order valence-corrected chi connectivity index (χ3v) is 4.41. The summed E-state index contributed by atoms with van der Waals surface area (Å²) in [7, 11) is -3.63. The van der Waals surface area contributed by atoms with E-state index in [1.165, 1.54) is 6.07 Å². The number of rotatable bonds is 6. The van der Waals surface area contributed by atoms with Crippen LogP contribution in [0.25, 0.3) is 0 Å². The van der Waals surface area contributed by atoms with Gasteiger partial charge in [0, 0.05) is 25.0 Å². The average Bonchev–Trinajstić information content (AvgIpc) is 2.34. The zero-order chi connectivity index (χ0) is 16.1. The molecule has 21 heavy (non-hydrogen) atoms. The fraction of sp³-hybridized carbons (Fsp3) is 0.500. The van der Waals surface area contributed by atoms with Crippen molar-refractivity contribution in [1.29, 1.82) is 0 Å². The minimum Gasteiger partial charge on any atom is -0.352 e. The molecule has 0 heterocycles. The first-order chi connectivity index (χ1) is 9.65. The predicted octanol–water partition coefficient (Wildman–Crippen LogP) is 0.728. The van der Waals surface area contributed by atoms with Gasteiger partial charge >= 0.3 is 0 Å². The summed E-state index contributed by atoms with van der Waals surface area (Å²) < 4.78 is 27.4. The summed E-state index contributed by atoms with van der Waals surface area (Å²) in [6, 6.07) is 6.60. The first kappa shape index (κ1) is 17.6. The van der Waals surface area contributed by atoms with E-state index in [1.54, 1.807) is 39.0 Å². The van der Waals surface area contributed by atoms with Crippen molar-refractivity contribution in [1.82, 2.24) is 10.0 Å². The highest BCUT2D eigenvalue weighted by Gasteiger charge is 2.24. The van der Waals surface area contributed by atoms with E-state index in [0.717, 1.165) is 0 Å². The van der Waals surface area contributed by atoms with Gasteiger partial charge in [0.15, 0.2) is 0 Å². The molecule has 1 amide bonds. The molecule has 7 heteroatoms. The van der Waals surface area contributed by atoms with E-state index in [2.05, 4.69) is 10.0 Å². The maximum atomic E-state index is 12.4. The molecule has 0 aliphatic carbocycles. The van der Waals surface area contributed by atoms with Gasteiger partial charge in [-0.1, -0.05) is 18.2 Å². The molecule has 1 aromatic rings. The Morgan fingerprint density at radius 3 is 2.43 bits per heavy atom.